The smallest absolute Gasteiger partial charge is 0.263 e. The van der Waals surface area contributed by atoms with Crippen LogP contribution >= 0.6 is 23.2 Å². The second-order valence-electron chi connectivity index (χ2n) is 7.18. The standard InChI is InChI=1S/C23H22Cl2N2O2/c1-16(29-20-8-6-17-4-2-3-5-18(17)14-20)23(28)27-12-10-26(11-13-27)19-7-9-21(24)22(25)15-19/h2-9,14-16H,10-13H2,1H3/t16-/m1/s1. The third-order valence-corrected chi connectivity index (χ3v) is 5.98. The normalized spacial score (nSPS) is 15.4. The molecule has 1 aliphatic heterocycles. The van der Waals surface area contributed by atoms with E-state index in [0.29, 0.717) is 28.9 Å². The van der Waals surface area contributed by atoms with Crippen molar-refractivity contribution >= 4 is 45.6 Å². The van der Waals surface area contributed by atoms with Gasteiger partial charge >= 0.3 is 0 Å². The zero-order chi connectivity index (χ0) is 20.4. The number of ether oxygens (including phenoxy) is 1. The molecule has 150 valence electrons. The van der Waals surface area contributed by atoms with Crippen molar-refractivity contribution in [2.24, 2.45) is 0 Å². The van der Waals surface area contributed by atoms with Gasteiger partial charge in [0.15, 0.2) is 6.10 Å². The minimum atomic E-state index is -0.535. The number of halogens is 2. The van der Waals surface area contributed by atoms with Gasteiger partial charge in [0.25, 0.3) is 5.91 Å². The number of fused-ring (bicyclic) bond motifs is 1. The summed E-state index contributed by atoms with van der Waals surface area (Å²) in [5.41, 5.74) is 1.02. The van der Waals surface area contributed by atoms with Crippen LogP contribution in [0.1, 0.15) is 6.92 Å². The molecule has 1 amide bonds. The Morgan fingerprint density at radius 3 is 2.34 bits per heavy atom. The fourth-order valence-electron chi connectivity index (χ4n) is 3.62. The molecule has 6 heteroatoms. The highest BCUT2D eigenvalue weighted by atomic mass is 35.5. The van der Waals surface area contributed by atoms with Gasteiger partial charge in [-0.3, -0.25) is 4.79 Å². The first-order valence-corrected chi connectivity index (χ1v) is 10.4. The van der Waals surface area contributed by atoms with Crippen molar-refractivity contribution in [3.8, 4) is 5.75 Å². The molecule has 3 aromatic carbocycles. The Morgan fingerprint density at radius 2 is 1.62 bits per heavy atom. The van der Waals surface area contributed by atoms with Crippen LogP contribution in [0.3, 0.4) is 0 Å². The van der Waals surface area contributed by atoms with Crippen LogP contribution in [0.15, 0.2) is 60.7 Å². The Balaban J connectivity index is 1.36. The Hall–Kier alpha value is -2.43. The summed E-state index contributed by atoms with van der Waals surface area (Å²) in [4.78, 5) is 16.9. The first-order chi connectivity index (χ1) is 14.0. The predicted molar refractivity (Wildman–Crippen MR) is 119 cm³/mol. The van der Waals surface area contributed by atoms with Gasteiger partial charge < -0.3 is 14.5 Å². The summed E-state index contributed by atoms with van der Waals surface area (Å²) in [5.74, 6) is 0.714. The van der Waals surface area contributed by atoms with E-state index in [-0.39, 0.29) is 5.91 Å². The molecule has 0 aromatic heterocycles. The highest BCUT2D eigenvalue weighted by molar-refractivity contribution is 6.42. The summed E-state index contributed by atoms with van der Waals surface area (Å²) in [6, 6.07) is 19.6. The zero-order valence-corrected chi connectivity index (χ0v) is 17.7. The maximum absolute atomic E-state index is 12.9. The summed E-state index contributed by atoms with van der Waals surface area (Å²) in [5, 5.41) is 3.33. The van der Waals surface area contributed by atoms with E-state index in [9.17, 15) is 4.79 Å². The molecule has 1 aliphatic rings. The third-order valence-electron chi connectivity index (χ3n) is 5.24. The molecular formula is C23H22Cl2N2O2. The molecule has 0 aliphatic carbocycles. The number of amides is 1. The lowest BCUT2D eigenvalue weighted by molar-refractivity contribution is -0.138. The van der Waals surface area contributed by atoms with Gasteiger partial charge in [0.1, 0.15) is 5.75 Å². The van der Waals surface area contributed by atoms with Gasteiger partial charge in [-0.05, 0) is 48.0 Å². The fourth-order valence-corrected chi connectivity index (χ4v) is 3.91. The minimum absolute atomic E-state index is 0.00643. The topological polar surface area (TPSA) is 32.8 Å². The lowest BCUT2D eigenvalue weighted by Gasteiger charge is -2.37. The Bertz CT molecular complexity index is 1030. The second kappa shape index (κ2) is 8.52. The van der Waals surface area contributed by atoms with Gasteiger partial charge in [-0.1, -0.05) is 53.5 Å². The van der Waals surface area contributed by atoms with E-state index < -0.39 is 6.10 Å². The average Bonchev–Trinajstić information content (AvgIpc) is 2.75. The number of hydrogen-bond donors (Lipinski definition) is 0. The Labute approximate surface area is 180 Å². The second-order valence-corrected chi connectivity index (χ2v) is 7.99. The van der Waals surface area contributed by atoms with Crippen LogP contribution < -0.4 is 9.64 Å². The van der Waals surface area contributed by atoms with Gasteiger partial charge in [-0.15, -0.1) is 0 Å². The van der Waals surface area contributed by atoms with Crippen molar-refractivity contribution in [1.82, 2.24) is 4.90 Å². The molecule has 0 N–H and O–H groups in total. The van der Waals surface area contributed by atoms with Gasteiger partial charge in [-0.2, -0.15) is 0 Å². The first-order valence-electron chi connectivity index (χ1n) is 9.65. The number of hydrogen-bond acceptors (Lipinski definition) is 3. The van der Waals surface area contributed by atoms with Crippen LogP contribution in [-0.2, 0) is 4.79 Å². The molecular weight excluding hydrogens is 407 g/mol. The number of carbonyl (C=O) groups is 1. The summed E-state index contributed by atoms with van der Waals surface area (Å²) in [7, 11) is 0. The monoisotopic (exact) mass is 428 g/mol. The van der Waals surface area contributed by atoms with Gasteiger partial charge in [0.2, 0.25) is 0 Å². The average molecular weight is 429 g/mol. The Morgan fingerprint density at radius 1 is 0.897 bits per heavy atom. The molecule has 3 aromatic rings. The predicted octanol–water partition coefficient (Wildman–Crippen LogP) is 5.26. The van der Waals surface area contributed by atoms with Crippen LogP contribution in [0.2, 0.25) is 10.0 Å². The molecule has 0 bridgehead atoms. The molecule has 4 nitrogen and oxygen atoms in total. The Kier molecular flexibility index (Phi) is 5.84. The molecule has 1 fully saturated rings. The molecule has 0 saturated carbocycles. The molecule has 4 rings (SSSR count). The summed E-state index contributed by atoms with van der Waals surface area (Å²) < 4.78 is 5.94. The van der Waals surface area contributed by atoms with Crippen molar-refractivity contribution < 1.29 is 9.53 Å². The van der Waals surface area contributed by atoms with E-state index in [1.807, 2.05) is 60.4 Å². The van der Waals surface area contributed by atoms with Gasteiger partial charge in [-0.25, -0.2) is 0 Å². The van der Waals surface area contributed by atoms with Crippen molar-refractivity contribution in [2.45, 2.75) is 13.0 Å². The van der Waals surface area contributed by atoms with Crippen LogP contribution in [0.4, 0.5) is 5.69 Å². The van der Waals surface area contributed by atoms with E-state index in [1.165, 1.54) is 0 Å². The molecule has 0 spiro atoms. The molecule has 1 saturated heterocycles. The maximum atomic E-state index is 12.9. The van der Waals surface area contributed by atoms with Crippen LogP contribution in [0, 0.1) is 0 Å². The van der Waals surface area contributed by atoms with E-state index in [1.54, 1.807) is 6.07 Å². The molecule has 29 heavy (non-hydrogen) atoms. The first kappa shape index (κ1) is 19.9. The molecule has 1 atom stereocenters. The number of carbonyl (C=O) groups excluding carboxylic acids is 1. The van der Waals surface area contributed by atoms with E-state index >= 15 is 0 Å². The third kappa shape index (κ3) is 4.44. The molecule has 1 heterocycles. The van der Waals surface area contributed by atoms with Crippen molar-refractivity contribution in [2.75, 3.05) is 31.1 Å². The molecule has 0 unspecified atom stereocenters. The fraction of sp³-hybridized carbons (Fsp3) is 0.261. The number of benzene rings is 3. The lowest BCUT2D eigenvalue weighted by atomic mass is 10.1. The highest BCUT2D eigenvalue weighted by Gasteiger charge is 2.26. The van der Waals surface area contributed by atoms with Crippen LogP contribution in [0.5, 0.6) is 5.75 Å². The quantitative estimate of drug-likeness (QED) is 0.567. The van der Waals surface area contributed by atoms with Crippen molar-refractivity contribution in [1.29, 1.82) is 0 Å². The minimum Gasteiger partial charge on any atom is -0.481 e. The summed E-state index contributed by atoms with van der Waals surface area (Å²) >= 11 is 12.1. The number of rotatable bonds is 4. The lowest BCUT2D eigenvalue weighted by Crippen LogP contribution is -2.52. The number of anilines is 1. The van der Waals surface area contributed by atoms with Crippen molar-refractivity contribution in [3.63, 3.8) is 0 Å². The van der Waals surface area contributed by atoms with E-state index in [2.05, 4.69) is 11.0 Å². The summed E-state index contributed by atoms with van der Waals surface area (Å²) in [6.45, 7) is 4.58. The number of nitrogens with zero attached hydrogens (tertiary/aromatic N) is 2. The maximum Gasteiger partial charge on any atom is 0.263 e. The van der Waals surface area contributed by atoms with Crippen LogP contribution in [0.25, 0.3) is 10.8 Å². The van der Waals surface area contributed by atoms with E-state index in [0.717, 1.165) is 29.5 Å². The summed E-state index contributed by atoms with van der Waals surface area (Å²) in [6.07, 6.45) is -0.535. The molecule has 0 radical (unpaired) electrons. The van der Waals surface area contributed by atoms with Crippen LogP contribution in [-0.4, -0.2) is 43.1 Å². The largest absolute Gasteiger partial charge is 0.481 e. The zero-order valence-electron chi connectivity index (χ0n) is 16.1. The van der Waals surface area contributed by atoms with Gasteiger partial charge in [0, 0.05) is 31.9 Å². The van der Waals surface area contributed by atoms with E-state index in [4.69, 9.17) is 27.9 Å². The number of piperazine rings is 1. The SMILES string of the molecule is C[C@@H](Oc1ccc2ccccc2c1)C(=O)N1CCN(c2ccc(Cl)c(Cl)c2)CC1. The highest BCUT2D eigenvalue weighted by Crippen LogP contribution is 2.28. The van der Waals surface area contributed by atoms with Crippen molar-refractivity contribution in [3.05, 3.63) is 70.7 Å². The van der Waals surface area contributed by atoms with Gasteiger partial charge in [0.05, 0.1) is 10.0 Å².